The number of fused-ring (bicyclic) bond motifs is 1. The van der Waals surface area contributed by atoms with Gasteiger partial charge >= 0.3 is 0 Å². The van der Waals surface area contributed by atoms with Gasteiger partial charge in [-0.05, 0) is 69.0 Å². The minimum atomic E-state index is 0.111. The van der Waals surface area contributed by atoms with Gasteiger partial charge in [-0.2, -0.15) is 0 Å². The Balaban J connectivity index is 1.45. The molecule has 6 heteroatoms. The Labute approximate surface area is 193 Å². The van der Waals surface area contributed by atoms with Crippen molar-refractivity contribution in [1.29, 1.82) is 0 Å². The Morgan fingerprint density at radius 1 is 1.16 bits per heavy atom. The first kappa shape index (κ1) is 22.3. The molecule has 0 aliphatic carbocycles. The van der Waals surface area contributed by atoms with Gasteiger partial charge in [-0.3, -0.25) is 9.69 Å². The minimum Gasteiger partial charge on any atom is -0.376 e. The Hall–Kier alpha value is -1.89. The fraction of sp³-hybridized carbons (Fsp3) is 0.440. The molecule has 2 heterocycles. The van der Waals surface area contributed by atoms with E-state index in [1.54, 1.807) is 11.3 Å². The Morgan fingerprint density at radius 2 is 1.94 bits per heavy atom. The van der Waals surface area contributed by atoms with Gasteiger partial charge in [0.05, 0.1) is 22.9 Å². The summed E-state index contributed by atoms with van der Waals surface area (Å²) in [5.41, 5.74) is 4.65. The van der Waals surface area contributed by atoms with Crippen LogP contribution in [0.25, 0.3) is 10.2 Å². The Kier molecular flexibility index (Phi) is 7.31. The SMILES string of the molecule is Cc1ccc(SCCCC(=O)N(CC2CCCO2)c2nc3c(C)ccc(C)c3s2)cc1. The summed E-state index contributed by atoms with van der Waals surface area (Å²) in [6.07, 6.45) is 3.57. The molecule has 0 N–H and O–H groups in total. The first-order valence-electron chi connectivity index (χ1n) is 11.0. The van der Waals surface area contributed by atoms with Crippen molar-refractivity contribution in [1.82, 2.24) is 4.98 Å². The molecule has 1 aliphatic rings. The second-order valence-corrected chi connectivity index (χ2v) is 10.4. The summed E-state index contributed by atoms with van der Waals surface area (Å²) in [7, 11) is 0. The molecule has 1 aromatic heterocycles. The number of thiazole rings is 1. The summed E-state index contributed by atoms with van der Waals surface area (Å²) in [5, 5.41) is 0.805. The molecule has 1 saturated heterocycles. The van der Waals surface area contributed by atoms with Gasteiger partial charge in [0, 0.05) is 17.9 Å². The summed E-state index contributed by atoms with van der Waals surface area (Å²) in [6.45, 7) is 7.68. The number of hydrogen-bond donors (Lipinski definition) is 0. The lowest BCUT2D eigenvalue weighted by atomic mass is 10.1. The van der Waals surface area contributed by atoms with Gasteiger partial charge in [0.2, 0.25) is 5.91 Å². The van der Waals surface area contributed by atoms with E-state index < -0.39 is 0 Å². The normalized spacial score (nSPS) is 16.2. The fourth-order valence-electron chi connectivity index (χ4n) is 3.82. The van der Waals surface area contributed by atoms with Crippen molar-refractivity contribution in [2.45, 2.75) is 57.5 Å². The molecule has 2 aromatic carbocycles. The molecule has 1 aliphatic heterocycles. The highest BCUT2D eigenvalue weighted by atomic mass is 32.2. The third-order valence-corrected chi connectivity index (χ3v) is 8.01. The van der Waals surface area contributed by atoms with Gasteiger partial charge in [0.15, 0.2) is 5.13 Å². The summed E-state index contributed by atoms with van der Waals surface area (Å²) in [4.78, 5) is 21.3. The molecule has 1 amide bonds. The molecule has 164 valence electrons. The summed E-state index contributed by atoms with van der Waals surface area (Å²) in [6, 6.07) is 12.8. The quantitative estimate of drug-likeness (QED) is 0.296. The van der Waals surface area contributed by atoms with Gasteiger partial charge in [-0.15, -0.1) is 11.8 Å². The molecule has 3 aromatic rings. The van der Waals surface area contributed by atoms with Crippen LogP contribution in [0.3, 0.4) is 0 Å². The van der Waals surface area contributed by atoms with Crippen molar-refractivity contribution in [3.63, 3.8) is 0 Å². The van der Waals surface area contributed by atoms with Crippen LogP contribution in [0.4, 0.5) is 5.13 Å². The highest BCUT2D eigenvalue weighted by Crippen LogP contribution is 2.34. The predicted octanol–water partition coefficient (Wildman–Crippen LogP) is 6.31. The van der Waals surface area contributed by atoms with Crippen molar-refractivity contribution in [2.24, 2.45) is 0 Å². The number of thioether (sulfide) groups is 1. The third-order valence-electron chi connectivity index (χ3n) is 5.70. The second-order valence-electron chi connectivity index (χ2n) is 8.28. The summed E-state index contributed by atoms with van der Waals surface area (Å²) < 4.78 is 7.02. The lowest BCUT2D eigenvalue weighted by Crippen LogP contribution is -2.37. The van der Waals surface area contributed by atoms with E-state index in [9.17, 15) is 4.79 Å². The summed E-state index contributed by atoms with van der Waals surface area (Å²) >= 11 is 3.44. The smallest absolute Gasteiger partial charge is 0.228 e. The molecule has 0 radical (unpaired) electrons. The highest BCUT2D eigenvalue weighted by molar-refractivity contribution is 7.99. The maximum absolute atomic E-state index is 13.3. The highest BCUT2D eigenvalue weighted by Gasteiger charge is 2.26. The monoisotopic (exact) mass is 454 g/mol. The van der Waals surface area contributed by atoms with E-state index in [1.807, 2.05) is 16.7 Å². The topological polar surface area (TPSA) is 42.4 Å². The minimum absolute atomic E-state index is 0.111. The number of hydrogen-bond acceptors (Lipinski definition) is 5. The average molecular weight is 455 g/mol. The molecular formula is C25H30N2O2S2. The number of aryl methyl sites for hydroxylation is 3. The van der Waals surface area contributed by atoms with Crippen molar-refractivity contribution < 1.29 is 9.53 Å². The van der Waals surface area contributed by atoms with E-state index in [-0.39, 0.29) is 12.0 Å². The van der Waals surface area contributed by atoms with E-state index >= 15 is 0 Å². The molecule has 1 unspecified atom stereocenters. The number of anilines is 1. The fourth-order valence-corrected chi connectivity index (χ4v) is 5.82. The lowest BCUT2D eigenvalue weighted by molar-refractivity contribution is -0.119. The van der Waals surface area contributed by atoms with E-state index in [0.717, 1.165) is 47.8 Å². The maximum atomic E-state index is 13.3. The van der Waals surface area contributed by atoms with E-state index in [4.69, 9.17) is 9.72 Å². The van der Waals surface area contributed by atoms with E-state index in [0.29, 0.717) is 13.0 Å². The molecule has 31 heavy (non-hydrogen) atoms. The molecule has 1 atom stereocenters. The largest absolute Gasteiger partial charge is 0.376 e. The molecule has 4 rings (SSSR count). The number of ether oxygens (including phenoxy) is 1. The molecule has 4 nitrogen and oxygen atoms in total. The number of aromatic nitrogens is 1. The predicted molar refractivity (Wildman–Crippen MR) is 132 cm³/mol. The van der Waals surface area contributed by atoms with Gasteiger partial charge in [0.1, 0.15) is 0 Å². The number of carbonyl (C=O) groups excluding carboxylic acids is 1. The number of carbonyl (C=O) groups is 1. The lowest BCUT2D eigenvalue weighted by Gasteiger charge is -2.23. The van der Waals surface area contributed by atoms with Crippen LogP contribution in [0.5, 0.6) is 0 Å². The second kappa shape index (κ2) is 10.2. The van der Waals surface area contributed by atoms with E-state index in [2.05, 4.69) is 57.2 Å². The molecular weight excluding hydrogens is 424 g/mol. The van der Waals surface area contributed by atoms with Gasteiger partial charge in [-0.25, -0.2) is 4.98 Å². The van der Waals surface area contributed by atoms with Gasteiger partial charge in [0.25, 0.3) is 0 Å². The van der Waals surface area contributed by atoms with Crippen molar-refractivity contribution in [2.75, 3.05) is 23.8 Å². The van der Waals surface area contributed by atoms with Crippen LogP contribution >= 0.6 is 23.1 Å². The van der Waals surface area contributed by atoms with Crippen molar-refractivity contribution in [3.05, 3.63) is 53.1 Å². The Bertz CT molecular complexity index is 1000. The zero-order valence-electron chi connectivity index (χ0n) is 18.5. The molecule has 0 bridgehead atoms. The molecule has 0 spiro atoms. The number of rotatable bonds is 8. The van der Waals surface area contributed by atoms with Crippen LogP contribution < -0.4 is 4.90 Å². The van der Waals surface area contributed by atoms with Crippen LogP contribution in [-0.4, -0.2) is 35.9 Å². The Morgan fingerprint density at radius 3 is 2.65 bits per heavy atom. The van der Waals surface area contributed by atoms with Crippen LogP contribution in [0, 0.1) is 20.8 Å². The first-order chi connectivity index (χ1) is 15.0. The van der Waals surface area contributed by atoms with Crippen LogP contribution in [0.1, 0.15) is 42.4 Å². The first-order valence-corrected chi connectivity index (χ1v) is 12.8. The number of amides is 1. The molecule has 0 saturated carbocycles. The zero-order chi connectivity index (χ0) is 21.8. The zero-order valence-corrected chi connectivity index (χ0v) is 20.2. The maximum Gasteiger partial charge on any atom is 0.228 e. The molecule has 1 fully saturated rings. The van der Waals surface area contributed by atoms with Crippen LogP contribution in [-0.2, 0) is 9.53 Å². The van der Waals surface area contributed by atoms with Crippen LogP contribution in [0.15, 0.2) is 41.3 Å². The standard InChI is InChI=1S/C25H30N2O2S2/c1-17-8-12-21(13-9-17)30-15-5-7-22(28)27(16-20-6-4-14-29-20)25-26-23-18(2)10-11-19(3)24(23)31-25/h8-13,20H,4-7,14-16H2,1-3H3. The van der Waals surface area contributed by atoms with Crippen molar-refractivity contribution >= 4 is 44.4 Å². The number of benzene rings is 2. The van der Waals surface area contributed by atoms with E-state index in [1.165, 1.54) is 20.7 Å². The summed E-state index contributed by atoms with van der Waals surface area (Å²) in [5.74, 6) is 1.08. The van der Waals surface area contributed by atoms with Crippen molar-refractivity contribution in [3.8, 4) is 0 Å². The third kappa shape index (κ3) is 5.48. The van der Waals surface area contributed by atoms with Crippen LogP contribution in [0.2, 0.25) is 0 Å². The van der Waals surface area contributed by atoms with Gasteiger partial charge < -0.3 is 4.74 Å². The van der Waals surface area contributed by atoms with Gasteiger partial charge in [-0.1, -0.05) is 41.2 Å². The average Bonchev–Trinajstić information content (AvgIpc) is 3.44. The number of nitrogens with zero attached hydrogens (tertiary/aromatic N) is 2.